The number of benzene rings is 1. The fourth-order valence-corrected chi connectivity index (χ4v) is 1.73. The van der Waals surface area contributed by atoms with Gasteiger partial charge in [-0.2, -0.15) is 0 Å². The number of carbonyl (C=O) groups excluding carboxylic acids is 1. The van der Waals surface area contributed by atoms with Gasteiger partial charge in [0.25, 0.3) is 5.91 Å². The zero-order valence-corrected chi connectivity index (χ0v) is 8.76. The number of rotatable bonds is 1. The van der Waals surface area contributed by atoms with Gasteiger partial charge in [-0.25, -0.2) is 0 Å². The highest BCUT2D eigenvalue weighted by Gasteiger charge is 2.22. The van der Waals surface area contributed by atoms with Crippen molar-refractivity contribution in [1.29, 1.82) is 0 Å². The van der Waals surface area contributed by atoms with Gasteiger partial charge in [0.1, 0.15) is 17.1 Å². The van der Waals surface area contributed by atoms with Crippen molar-refractivity contribution < 1.29 is 15.0 Å². The van der Waals surface area contributed by atoms with Gasteiger partial charge in [0.05, 0.1) is 0 Å². The Balaban J connectivity index is 2.30. The molecule has 0 saturated heterocycles. The van der Waals surface area contributed by atoms with Crippen molar-refractivity contribution in [3.63, 3.8) is 0 Å². The molecule has 2 rings (SSSR count). The molecule has 16 heavy (non-hydrogen) atoms. The lowest BCUT2D eigenvalue weighted by molar-refractivity contribution is 0.0765. The minimum Gasteiger partial charge on any atom is -0.507 e. The first-order valence-corrected chi connectivity index (χ1v) is 5.15. The summed E-state index contributed by atoms with van der Waals surface area (Å²) < 4.78 is 0. The zero-order valence-electron chi connectivity index (χ0n) is 8.76. The van der Waals surface area contributed by atoms with E-state index in [1.165, 1.54) is 18.2 Å². The minimum atomic E-state index is -0.333. The lowest BCUT2D eigenvalue weighted by Crippen LogP contribution is -2.33. The molecule has 0 fully saturated rings. The molecule has 1 aliphatic heterocycles. The number of nitrogens with zero attached hydrogens (tertiary/aromatic N) is 1. The molecule has 4 heteroatoms. The molecular formula is C12H13NO3. The summed E-state index contributed by atoms with van der Waals surface area (Å²) in [4.78, 5) is 13.6. The first-order chi connectivity index (χ1) is 7.70. The number of aromatic hydroxyl groups is 2. The van der Waals surface area contributed by atoms with Crippen molar-refractivity contribution in [3.8, 4) is 11.5 Å². The second-order valence-corrected chi connectivity index (χ2v) is 3.68. The summed E-state index contributed by atoms with van der Waals surface area (Å²) in [6, 6.07) is 4.29. The molecule has 1 amide bonds. The molecule has 0 radical (unpaired) electrons. The quantitative estimate of drug-likeness (QED) is 0.704. The van der Waals surface area contributed by atoms with Crippen LogP contribution in [0.1, 0.15) is 16.8 Å². The molecule has 84 valence electrons. The fraction of sp³-hybridized carbons (Fsp3) is 0.250. The second kappa shape index (κ2) is 4.26. The third-order valence-electron chi connectivity index (χ3n) is 2.58. The largest absolute Gasteiger partial charge is 0.507 e. The van der Waals surface area contributed by atoms with E-state index < -0.39 is 0 Å². The molecule has 1 aliphatic rings. The molecule has 0 saturated carbocycles. The Morgan fingerprint density at radius 2 is 1.88 bits per heavy atom. The average Bonchev–Trinajstić information content (AvgIpc) is 2.30. The summed E-state index contributed by atoms with van der Waals surface area (Å²) in [5.41, 5.74) is -0.0159. The maximum Gasteiger partial charge on any atom is 0.261 e. The van der Waals surface area contributed by atoms with Crippen LogP contribution in [0.2, 0.25) is 0 Å². The van der Waals surface area contributed by atoms with Gasteiger partial charge in [0.2, 0.25) is 0 Å². The molecule has 0 atom stereocenters. The van der Waals surface area contributed by atoms with Crippen molar-refractivity contribution in [2.24, 2.45) is 0 Å². The highest BCUT2D eigenvalue weighted by Crippen LogP contribution is 2.28. The van der Waals surface area contributed by atoms with Crippen LogP contribution in [0.4, 0.5) is 0 Å². The molecule has 0 bridgehead atoms. The summed E-state index contributed by atoms with van der Waals surface area (Å²) in [6.07, 6.45) is 4.72. The Hall–Kier alpha value is -1.97. The lowest BCUT2D eigenvalue weighted by atomic mass is 10.1. The van der Waals surface area contributed by atoms with E-state index >= 15 is 0 Å². The Morgan fingerprint density at radius 1 is 1.19 bits per heavy atom. The Kier molecular flexibility index (Phi) is 2.81. The summed E-state index contributed by atoms with van der Waals surface area (Å²) in [6.45, 7) is 1.13. The zero-order chi connectivity index (χ0) is 11.5. The van der Waals surface area contributed by atoms with Gasteiger partial charge < -0.3 is 15.1 Å². The van der Waals surface area contributed by atoms with E-state index in [9.17, 15) is 15.0 Å². The monoisotopic (exact) mass is 219 g/mol. The van der Waals surface area contributed by atoms with Crippen molar-refractivity contribution in [3.05, 3.63) is 35.9 Å². The maximum atomic E-state index is 12.0. The predicted molar refractivity (Wildman–Crippen MR) is 59.4 cm³/mol. The Morgan fingerprint density at radius 3 is 2.44 bits per heavy atom. The van der Waals surface area contributed by atoms with E-state index in [1.54, 1.807) is 4.90 Å². The van der Waals surface area contributed by atoms with E-state index in [0.29, 0.717) is 13.1 Å². The molecule has 0 spiro atoms. The molecule has 1 aromatic carbocycles. The van der Waals surface area contributed by atoms with E-state index in [2.05, 4.69) is 0 Å². The first kappa shape index (κ1) is 10.5. The fourth-order valence-electron chi connectivity index (χ4n) is 1.73. The second-order valence-electron chi connectivity index (χ2n) is 3.68. The van der Waals surface area contributed by atoms with Gasteiger partial charge in [-0.1, -0.05) is 18.2 Å². The SMILES string of the molecule is O=C(c1c(O)cccc1O)N1CC=CCC1. The van der Waals surface area contributed by atoms with Gasteiger partial charge in [-0.15, -0.1) is 0 Å². The average molecular weight is 219 g/mol. The van der Waals surface area contributed by atoms with E-state index in [4.69, 9.17) is 0 Å². The Labute approximate surface area is 93.4 Å². The molecule has 0 aromatic heterocycles. The van der Waals surface area contributed by atoms with E-state index in [1.807, 2.05) is 12.2 Å². The highest BCUT2D eigenvalue weighted by atomic mass is 16.3. The minimum absolute atomic E-state index is 0.0159. The van der Waals surface area contributed by atoms with Crippen LogP contribution in [-0.2, 0) is 0 Å². The van der Waals surface area contributed by atoms with Gasteiger partial charge in [0.15, 0.2) is 0 Å². The van der Waals surface area contributed by atoms with E-state index in [0.717, 1.165) is 6.42 Å². The number of phenols is 2. The Bertz CT molecular complexity index is 420. The van der Waals surface area contributed by atoms with Gasteiger partial charge in [0, 0.05) is 13.1 Å². The van der Waals surface area contributed by atoms with Crippen LogP contribution in [0.15, 0.2) is 30.4 Å². The van der Waals surface area contributed by atoms with Crippen molar-refractivity contribution in [2.45, 2.75) is 6.42 Å². The number of hydrogen-bond donors (Lipinski definition) is 2. The van der Waals surface area contributed by atoms with Crippen LogP contribution in [0, 0.1) is 0 Å². The van der Waals surface area contributed by atoms with Gasteiger partial charge in [-0.05, 0) is 18.6 Å². The molecule has 2 N–H and O–H groups in total. The van der Waals surface area contributed by atoms with Crippen molar-refractivity contribution >= 4 is 5.91 Å². The van der Waals surface area contributed by atoms with Crippen LogP contribution < -0.4 is 0 Å². The van der Waals surface area contributed by atoms with Crippen LogP contribution >= 0.6 is 0 Å². The lowest BCUT2D eigenvalue weighted by Gasteiger charge is -2.23. The molecule has 4 nitrogen and oxygen atoms in total. The molecule has 0 unspecified atom stereocenters. The normalized spacial score (nSPS) is 15.1. The summed E-state index contributed by atoms with van der Waals surface area (Å²) in [7, 11) is 0. The first-order valence-electron chi connectivity index (χ1n) is 5.15. The number of carbonyl (C=O) groups is 1. The molecule has 0 aliphatic carbocycles. The predicted octanol–water partition coefficient (Wildman–Crippen LogP) is 1.50. The van der Waals surface area contributed by atoms with Crippen LogP contribution in [0.5, 0.6) is 11.5 Å². The van der Waals surface area contributed by atoms with Crippen LogP contribution in [0.3, 0.4) is 0 Å². The smallest absolute Gasteiger partial charge is 0.261 e. The third kappa shape index (κ3) is 1.86. The topological polar surface area (TPSA) is 60.8 Å². The molecule has 1 heterocycles. The summed E-state index contributed by atoms with van der Waals surface area (Å²) in [5, 5.41) is 19.1. The van der Waals surface area contributed by atoms with Crippen LogP contribution in [0.25, 0.3) is 0 Å². The number of amides is 1. The third-order valence-corrected chi connectivity index (χ3v) is 2.58. The molecule has 1 aromatic rings. The number of hydrogen-bond acceptors (Lipinski definition) is 3. The summed E-state index contributed by atoms with van der Waals surface area (Å²) in [5.74, 6) is -0.695. The molecular weight excluding hydrogens is 206 g/mol. The van der Waals surface area contributed by atoms with Gasteiger partial charge in [-0.3, -0.25) is 4.79 Å². The van der Waals surface area contributed by atoms with Crippen molar-refractivity contribution in [1.82, 2.24) is 4.90 Å². The number of phenolic OH excluding ortho intramolecular Hbond substituents is 2. The standard InChI is InChI=1S/C12H13NO3/c14-9-5-4-6-10(15)11(9)12(16)13-7-2-1-3-8-13/h1-2,4-6,14-15H,3,7-8H2. The maximum absolute atomic E-state index is 12.0. The van der Waals surface area contributed by atoms with Gasteiger partial charge >= 0.3 is 0 Å². The van der Waals surface area contributed by atoms with Crippen LogP contribution in [-0.4, -0.2) is 34.1 Å². The van der Waals surface area contributed by atoms with Crippen molar-refractivity contribution in [2.75, 3.05) is 13.1 Å². The highest BCUT2D eigenvalue weighted by molar-refractivity contribution is 5.99. The summed E-state index contributed by atoms with van der Waals surface area (Å²) >= 11 is 0. The van der Waals surface area contributed by atoms with E-state index in [-0.39, 0.29) is 23.0 Å².